The zero-order valence-electron chi connectivity index (χ0n) is 10.5. The van der Waals surface area contributed by atoms with E-state index in [1.165, 1.54) is 11.8 Å². The van der Waals surface area contributed by atoms with Crippen LogP contribution in [0.5, 0.6) is 0 Å². The maximum Gasteiger partial charge on any atom is 0.338 e. The monoisotopic (exact) mass is 337 g/mol. The van der Waals surface area contributed by atoms with Gasteiger partial charge in [-0.15, -0.1) is 0 Å². The van der Waals surface area contributed by atoms with Gasteiger partial charge in [-0.05, 0) is 38.1 Å². The van der Waals surface area contributed by atoms with Gasteiger partial charge in [0.2, 0.25) is 0 Å². The summed E-state index contributed by atoms with van der Waals surface area (Å²) in [5, 5.41) is 9.31. The van der Waals surface area contributed by atoms with Crippen LogP contribution in [-0.2, 0) is 0 Å². The molecular formula is C14H12BrNO2S. The SMILES string of the molecule is Cc1cc(Sc2cccc(Br)c2)c(C(=O)O)c(C)n1. The average molecular weight is 338 g/mol. The smallest absolute Gasteiger partial charge is 0.338 e. The van der Waals surface area contributed by atoms with Crippen LogP contribution < -0.4 is 0 Å². The average Bonchev–Trinajstić information content (AvgIpc) is 2.26. The maximum atomic E-state index is 11.3. The third kappa shape index (κ3) is 3.36. The second-order valence-corrected chi connectivity index (χ2v) is 6.12. The number of carboxylic acids is 1. The van der Waals surface area contributed by atoms with Gasteiger partial charge in [-0.3, -0.25) is 4.98 Å². The lowest BCUT2D eigenvalue weighted by Gasteiger charge is -2.09. The summed E-state index contributed by atoms with van der Waals surface area (Å²) in [6.45, 7) is 3.59. The molecule has 0 saturated heterocycles. The van der Waals surface area contributed by atoms with Gasteiger partial charge >= 0.3 is 5.97 Å². The molecule has 19 heavy (non-hydrogen) atoms. The molecule has 5 heteroatoms. The van der Waals surface area contributed by atoms with Crippen LogP contribution in [0.25, 0.3) is 0 Å². The lowest BCUT2D eigenvalue weighted by molar-refractivity contribution is 0.0691. The lowest BCUT2D eigenvalue weighted by atomic mass is 10.2. The van der Waals surface area contributed by atoms with Crippen molar-refractivity contribution in [1.29, 1.82) is 0 Å². The maximum absolute atomic E-state index is 11.3. The minimum Gasteiger partial charge on any atom is -0.478 e. The molecule has 1 heterocycles. The van der Waals surface area contributed by atoms with Gasteiger partial charge < -0.3 is 5.11 Å². The molecule has 0 unspecified atom stereocenters. The number of carbonyl (C=O) groups is 1. The molecule has 2 aromatic rings. The normalized spacial score (nSPS) is 10.5. The second kappa shape index (κ2) is 5.75. The summed E-state index contributed by atoms with van der Waals surface area (Å²) in [5.41, 5.74) is 1.64. The molecule has 2 rings (SSSR count). The minimum absolute atomic E-state index is 0.274. The Labute approximate surface area is 124 Å². The fourth-order valence-corrected chi connectivity index (χ4v) is 3.49. The van der Waals surface area contributed by atoms with Crippen LogP contribution in [0.4, 0.5) is 0 Å². The first-order valence-electron chi connectivity index (χ1n) is 5.62. The number of halogens is 1. The molecule has 3 nitrogen and oxygen atoms in total. The van der Waals surface area contributed by atoms with Gasteiger partial charge in [0, 0.05) is 20.0 Å². The van der Waals surface area contributed by atoms with Gasteiger partial charge in [0.1, 0.15) is 0 Å². The number of hydrogen-bond acceptors (Lipinski definition) is 3. The van der Waals surface area contributed by atoms with E-state index in [0.29, 0.717) is 5.69 Å². The van der Waals surface area contributed by atoms with E-state index in [9.17, 15) is 9.90 Å². The van der Waals surface area contributed by atoms with Crippen LogP contribution >= 0.6 is 27.7 Å². The number of pyridine rings is 1. The highest BCUT2D eigenvalue weighted by Crippen LogP contribution is 2.33. The summed E-state index contributed by atoms with van der Waals surface area (Å²) >= 11 is 4.84. The van der Waals surface area contributed by atoms with Gasteiger partial charge in [-0.25, -0.2) is 4.79 Å². The zero-order valence-corrected chi connectivity index (χ0v) is 12.9. The van der Waals surface area contributed by atoms with Gasteiger partial charge in [0.25, 0.3) is 0 Å². The molecule has 0 saturated carbocycles. The standard InChI is InChI=1S/C14H12BrNO2S/c1-8-6-12(13(14(17)18)9(2)16-8)19-11-5-3-4-10(15)7-11/h3-7H,1-2H3,(H,17,18). The van der Waals surface area contributed by atoms with Gasteiger partial charge in [-0.2, -0.15) is 0 Å². The molecule has 0 aliphatic rings. The minimum atomic E-state index is -0.942. The first-order valence-corrected chi connectivity index (χ1v) is 7.23. The summed E-state index contributed by atoms with van der Waals surface area (Å²) in [4.78, 5) is 17.3. The number of aromatic carboxylic acids is 1. The van der Waals surface area contributed by atoms with Gasteiger partial charge in [0.05, 0.1) is 11.3 Å². The molecule has 1 N–H and O–H groups in total. The van der Waals surface area contributed by atoms with E-state index < -0.39 is 5.97 Å². The van der Waals surface area contributed by atoms with Crippen molar-refractivity contribution in [2.45, 2.75) is 23.6 Å². The van der Waals surface area contributed by atoms with Crippen LogP contribution in [0.2, 0.25) is 0 Å². The van der Waals surface area contributed by atoms with Crippen molar-refractivity contribution < 1.29 is 9.90 Å². The summed E-state index contributed by atoms with van der Waals surface area (Å²) < 4.78 is 0.969. The van der Waals surface area contributed by atoms with Crippen LogP contribution in [0.15, 0.2) is 44.6 Å². The zero-order chi connectivity index (χ0) is 14.0. The summed E-state index contributed by atoms with van der Waals surface area (Å²) in [6, 6.07) is 9.58. The Kier molecular flexibility index (Phi) is 4.27. The van der Waals surface area contributed by atoms with E-state index in [-0.39, 0.29) is 5.56 Å². The van der Waals surface area contributed by atoms with Crippen molar-refractivity contribution in [3.63, 3.8) is 0 Å². The lowest BCUT2D eigenvalue weighted by Crippen LogP contribution is -2.05. The fourth-order valence-electron chi connectivity index (χ4n) is 1.79. The first-order chi connectivity index (χ1) is 8.97. The van der Waals surface area contributed by atoms with E-state index in [2.05, 4.69) is 20.9 Å². The number of nitrogens with zero attached hydrogens (tertiary/aromatic N) is 1. The Morgan fingerprint density at radius 3 is 2.68 bits per heavy atom. The topological polar surface area (TPSA) is 50.2 Å². The summed E-state index contributed by atoms with van der Waals surface area (Å²) in [7, 11) is 0. The summed E-state index contributed by atoms with van der Waals surface area (Å²) in [5.74, 6) is -0.942. The highest BCUT2D eigenvalue weighted by molar-refractivity contribution is 9.10. The Hall–Kier alpha value is -1.33. The molecule has 1 aromatic carbocycles. The van der Waals surface area contributed by atoms with Gasteiger partial charge in [-0.1, -0.05) is 33.8 Å². The fraction of sp³-hybridized carbons (Fsp3) is 0.143. The molecule has 0 bridgehead atoms. The highest BCUT2D eigenvalue weighted by atomic mass is 79.9. The van der Waals surface area contributed by atoms with E-state index in [0.717, 1.165) is 20.0 Å². The van der Waals surface area contributed by atoms with Crippen LogP contribution in [0.3, 0.4) is 0 Å². The molecule has 0 aliphatic carbocycles. The third-order valence-electron chi connectivity index (χ3n) is 2.53. The molecule has 1 aromatic heterocycles. The molecular weight excluding hydrogens is 326 g/mol. The van der Waals surface area contributed by atoms with E-state index in [1.807, 2.05) is 37.3 Å². The first kappa shape index (κ1) is 14.1. The number of benzene rings is 1. The van der Waals surface area contributed by atoms with E-state index in [4.69, 9.17) is 0 Å². The Balaban J connectivity index is 2.47. The molecule has 0 radical (unpaired) electrons. The van der Waals surface area contributed by atoms with Crippen LogP contribution in [0, 0.1) is 13.8 Å². The third-order valence-corrected chi connectivity index (χ3v) is 4.05. The summed E-state index contributed by atoms with van der Waals surface area (Å²) in [6.07, 6.45) is 0. The molecule has 0 atom stereocenters. The number of rotatable bonds is 3. The van der Waals surface area contributed by atoms with Crippen molar-refractivity contribution in [1.82, 2.24) is 4.98 Å². The Bertz CT molecular complexity index is 643. The number of hydrogen-bond donors (Lipinski definition) is 1. The van der Waals surface area contributed by atoms with Crippen molar-refractivity contribution in [3.05, 3.63) is 51.8 Å². The highest BCUT2D eigenvalue weighted by Gasteiger charge is 2.16. The predicted molar refractivity (Wildman–Crippen MR) is 78.9 cm³/mol. The van der Waals surface area contributed by atoms with Crippen LogP contribution in [0.1, 0.15) is 21.7 Å². The van der Waals surface area contributed by atoms with Crippen molar-refractivity contribution in [2.24, 2.45) is 0 Å². The van der Waals surface area contributed by atoms with Crippen LogP contribution in [-0.4, -0.2) is 16.1 Å². The van der Waals surface area contributed by atoms with Crippen molar-refractivity contribution in [3.8, 4) is 0 Å². The van der Waals surface area contributed by atoms with E-state index >= 15 is 0 Å². The molecule has 0 fully saturated rings. The van der Waals surface area contributed by atoms with Crippen molar-refractivity contribution >= 4 is 33.7 Å². The Morgan fingerprint density at radius 1 is 1.32 bits per heavy atom. The quantitative estimate of drug-likeness (QED) is 0.906. The number of carboxylic acid groups (broad SMARTS) is 1. The Morgan fingerprint density at radius 2 is 2.05 bits per heavy atom. The van der Waals surface area contributed by atoms with E-state index in [1.54, 1.807) is 6.92 Å². The largest absolute Gasteiger partial charge is 0.478 e. The van der Waals surface area contributed by atoms with Crippen molar-refractivity contribution in [2.75, 3.05) is 0 Å². The molecule has 0 amide bonds. The molecule has 98 valence electrons. The molecule has 0 spiro atoms. The second-order valence-electron chi connectivity index (χ2n) is 4.09. The number of aryl methyl sites for hydroxylation is 2. The predicted octanol–water partition coefficient (Wildman–Crippen LogP) is 4.31. The van der Waals surface area contributed by atoms with Gasteiger partial charge in [0.15, 0.2) is 0 Å². The number of aromatic nitrogens is 1. The molecule has 0 aliphatic heterocycles.